The molecule has 3 aromatic carbocycles. The van der Waals surface area contributed by atoms with Crippen molar-refractivity contribution < 1.29 is 23.9 Å². The van der Waals surface area contributed by atoms with Crippen molar-refractivity contribution in [3.05, 3.63) is 105 Å². The Balaban J connectivity index is 1.52. The zero-order valence-corrected chi connectivity index (χ0v) is 22.2. The van der Waals surface area contributed by atoms with E-state index in [1.165, 1.54) is 4.90 Å². The van der Waals surface area contributed by atoms with Crippen LogP contribution in [0.4, 0.5) is 11.4 Å². The van der Waals surface area contributed by atoms with Crippen LogP contribution in [-0.4, -0.2) is 31.0 Å². The van der Waals surface area contributed by atoms with Gasteiger partial charge in [0, 0.05) is 16.4 Å². The van der Waals surface area contributed by atoms with Crippen LogP contribution in [0.15, 0.2) is 89.6 Å². The second kappa shape index (κ2) is 12.0. The van der Waals surface area contributed by atoms with E-state index in [0.29, 0.717) is 38.4 Å². The molecule has 0 aliphatic carbocycles. The van der Waals surface area contributed by atoms with Gasteiger partial charge in [-0.2, -0.15) is 0 Å². The van der Waals surface area contributed by atoms with Crippen LogP contribution in [0.25, 0.3) is 6.08 Å². The molecule has 0 saturated heterocycles. The number of hydrogen-bond donors (Lipinski definition) is 1. The fourth-order valence-corrected chi connectivity index (χ4v) is 4.22. The van der Waals surface area contributed by atoms with Gasteiger partial charge in [0.25, 0.3) is 11.8 Å². The van der Waals surface area contributed by atoms with Crippen molar-refractivity contribution in [3.8, 4) is 5.75 Å². The van der Waals surface area contributed by atoms with Crippen LogP contribution in [0.2, 0.25) is 10.0 Å². The maximum Gasteiger partial charge on any atom is 0.340 e. The van der Waals surface area contributed by atoms with Gasteiger partial charge in [-0.1, -0.05) is 47.5 Å². The third-order valence-corrected chi connectivity index (χ3v) is 6.25. The lowest BCUT2D eigenvalue weighted by Gasteiger charge is -2.18. The number of carbonyl (C=O) groups excluding carboxylic acids is 3. The molecule has 194 valence electrons. The maximum absolute atomic E-state index is 13.4. The summed E-state index contributed by atoms with van der Waals surface area (Å²) < 4.78 is 10.8. The minimum atomic E-state index is -0.578. The first-order valence-electron chi connectivity index (χ1n) is 11.8. The van der Waals surface area contributed by atoms with Gasteiger partial charge in [0.05, 0.1) is 28.5 Å². The number of carbonyl (C=O) groups is 3. The lowest BCUT2D eigenvalue weighted by Crippen LogP contribution is -2.24. The van der Waals surface area contributed by atoms with E-state index in [9.17, 15) is 14.4 Å². The zero-order chi connectivity index (χ0) is 27.2. The van der Waals surface area contributed by atoms with Crippen molar-refractivity contribution >= 4 is 58.4 Å². The molecule has 0 bridgehead atoms. The van der Waals surface area contributed by atoms with E-state index in [-0.39, 0.29) is 36.2 Å². The van der Waals surface area contributed by atoms with E-state index in [1.807, 2.05) is 0 Å². The molecule has 0 saturated carbocycles. The lowest BCUT2D eigenvalue weighted by atomic mass is 10.0. The second-order valence-electron chi connectivity index (χ2n) is 8.24. The predicted molar refractivity (Wildman–Crippen MR) is 148 cm³/mol. The van der Waals surface area contributed by atoms with Crippen molar-refractivity contribution in [2.24, 2.45) is 0 Å². The number of ether oxygens (including phenoxy) is 2. The topological polar surface area (TPSA) is 84.9 Å². The average Bonchev–Trinajstić information content (AvgIpc) is 3.14. The minimum absolute atomic E-state index is 0.175. The number of rotatable bonds is 8. The zero-order valence-electron chi connectivity index (χ0n) is 20.7. The molecule has 0 fully saturated rings. The summed E-state index contributed by atoms with van der Waals surface area (Å²) in [5.74, 6) is -0.836. The molecule has 1 aliphatic heterocycles. The molecule has 0 atom stereocenters. The van der Waals surface area contributed by atoms with Gasteiger partial charge in [-0.15, -0.1) is 0 Å². The molecule has 0 spiro atoms. The summed E-state index contributed by atoms with van der Waals surface area (Å²) >= 11 is 12.1. The van der Waals surface area contributed by atoms with Gasteiger partial charge in [-0.05, 0) is 74.0 Å². The number of nitrogens with one attached hydrogen (secondary N) is 1. The first-order chi connectivity index (χ1) is 18.3. The van der Waals surface area contributed by atoms with Gasteiger partial charge in [0.2, 0.25) is 0 Å². The Kier molecular flexibility index (Phi) is 8.51. The normalized spacial score (nSPS) is 14.2. The molecule has 2 amide bonds. The number of nitrogens with zero attached hydrogens (tertiary/aromatic N) is 1. The second-order valence-corrected chi connectivity index (χ2v) is 9.09. The van der Waals surface area contributed by atoms with Crippen LogP contribution in [-0.2, 0) is 19.1 Å². The van der Waals surface area contributed by atoms with E-state index in [4.69, 9.17) is 32.7 Å². The van der Waals surface area contributed by atoms with Crippen LogP contribution in [0.1, 0.15) is 19.4 Å². The molecule has 3 aromatic rings. The van der Waals surface area contributed by atoms with Gasteiger partial charge in [0.15, 0.2) is 6.61 Å². The fraction of sp³-hybridized carbons (Fsp3) is 0.138. The summed E-state index contributed by atoms with van der Waals surface area (Å²) in [6, 6.07) is 20.5. The highest BCUT2D eigenvalue weighted by Gasteiger charge is 2.38. The SMILES string of the molecule is CCOC(=O)C1=C(C)N(c2ccc(Cl)cc2)C(=O)/C1=C\c1ccc(OCC(=O)Nc2ccccc2Cl)cc1. The number of anilines is 2. The molecular formula is C29H24Cl2N2O5. The van der Waals surface area contributed by atoms with Crippen LogP contribution in [0, 0.1) is 0 Å². The standard InChI is InChI=1S/C29H24Cl2N2O5/c1-3-37-29(36)27-18(2)33(21-12-10-20(30)11-13-21)28(35)23(27)16-19-8-14-22(15-9-19)38-17-26(34)32-25-7-5-4-6-24(25)31/h4-16H,3,17H2,1-2H3,(H,32,34)/b23-16-. The summed E-state index contributed by atoms with van der Waals surface area (Å²) in [7, 11) is 0. The Morgan fingerprint density at radius 1 is 0.974 bits per heavy atom. The van der Waals surface area contributed by atoms with E-state index in [2.05, 4.69) is 5.32 Å². The highest BCUT2D eigenvalue weighted by atomic mass is 35.5. The number of amides is 2. The first-order valence-corrected chi connectivity index (χ1v) is 12.5. The Morgan fingerprint density at radius 2 is 1.66 bits per heavy atom. The largest absolute Gasteiger partial charge is 0.484 e. The van der Waals surface area contributed by atoms with E-state index in [0.717, 1.165) is 0 Å². The molecule has 1 N–H and O–H groups in total. The molecule has 4 rings (SSSR count). The molecule has 7 nitrogen and oxygen atoms in total. The highest BCUT2D eigenvalue weighted by Crippen LogP contribution is 2.36. The number of hydrogen-bond acceptors (Lipinski definition) is 5. The molecular weight excluding hydrogens is 527 g/mol. The number of benzene rings is 3. The average molecular weight is 551 g/mol. The van der Waals surface area contributed by atoms with E-state index in [1.54, 1.807) is 92.7 Å². The smallest absolute Gasteiger partial charge is 0.340 e. The summed E-state index contributed by atoms with van der Waals surface area (Å²) in [4.78, 5) is 39.9. The predicted octanol–water partition coefficient (Wildman–Crippen LogP) is 6.28. The van der Waals surface area contributed by atoms with Gasteiger partial charge >= 0.3 is 5.97 Å². The molecule has 1 aliphatic rings. The number of para-hydroxylation sites is 1. The quantitative estimate of drug-likeness (QED) is 0.263. The van der Waals surface area contributed by atoms with Crippen molar-refractivity contribution in [2.45, 2.75) is 13.8 Å². The van der Waals surface area contributed by atoms with Gasteiger partial charge in [-0.3, -0.25) is 14.5 Å². The Morgan fingerprint density at radius 3 is 2.32 bits per heavy atom. The highest BCUT2D eigenvalue weighted by molar-refractivity contribution is 6.33. The number of esters is 1. The Labute approximate surface area is 230 Å². The van der Waals surface area contributed by atoms with Crippen LogP contribution < -0.4 is 15.0 Å². The minimum Gasteiger partial charge on any atom is -0.484 e. The van der Waals surface area contributed by atoms with Crippen molar-refractivity contribution in [1.29, 1.82) is 0 Å². The molecule has 0 unspecified atom stereocenters. The molecule has 0 aromatic heterocycles. The lowest BCUT2D eigenvalue weighted by molar-refractivity contribution is -0.138. The van der Waals surface area contributed by atoms with E-state index < -0.39 is 5.97 Å². The molecule has 38 heavy (non-hydrogen) atoms. The third kappa shape index (κ3) is 6.07. The van der Waals surface area contributed by atoms with Crippen LogP contribution in [0.5, 0.6) is 5.75 Å². The Hall–Kier alpha value is -4.07. The van der Waals surface area contributed by atoms with Gasteiger partial charge < -0.3 is 14.8 Å². The molecule has 9 heteroatoms. The maximum atomic E-state index is 13.4. The van der Waals surface area contributed by atoms with Gasteiger partial charge in [-0.25, -0.2) is 4.79 Å². The van der Waals surface area contributed by atoms with Crippen molar-refractivity contribution in [1.82, 2.24) is 0 Å². The van der Waals surface area contributed by atoms with Crippen LogP contribution >= 0.6 is 23.2 Å². The van der Waals surface area contributed by atoms with Crippen molar-refractivity contribution in [2.75, 3.05) is 23.4 Å². The van der Waals surface area contributed by atoms with Gasteiger partial charge in [0.1, 0.15) is 5.75 Å². The summed E-state index contributed by atoms with van der Waals surface area (Å²) in [6.07, 6.45) is 1.63. The first kappa shape index (κ1) is 27.0. The molecule has 1 heterocycles. The monoisotopic (exact) mass is 550 g/mol. The fourth-order valence-electron chi connectivity index (χ4n) is 3.91. The summed E-state index contributed by atoms with van der Waals surface area (Å²) in [6.45, 7) is 3.37. The van der Waals surface area contributed by atoms with E-state index >= 15 is 0 Å². The van der Waals surface area contributed by atoms with Crippen molar-refractivity contribution in [3.63, 3.8) is 0 Å². The van der Waals surface area contributed by atoms with Crippen LogP contribution in [0.3, 0.4) is 0 Å². The number of halogens is 2. The molecule has 0 radical (unpaired) electrons. The third-order valence-electron chi connectivity index (χ3n) is 5.67. The Bertz CT molecular complexity index is 1430. The summed E-state index contributed by atoms with van der Waals surface area (Å²) in [5, 5.41) is 3.66. The summed E-state index contributed by atoms with van der Waals surface area (Å²) in [5.41, 5.74) is 2.62. The number of allylic oxidation sites excluding steroid dienone is 1.